The standard InChI is InChI=1S/C10H16O2/c1-12-10(11)8-7-9-5-3-2-4-6-9/h7-9H,2-6H2,1H3/b8-7-. The molecule has 0 heterocycles. The molecule has 12 heavy (non-hydrogen) atoms. The highest BCUT2D eigenvalue weighted by Gasteiger charge is 2.09. The normalized spacial score (nSPS) is 19.8. The zero-order valence-electron chi connectivity index (χ0n) is 7.58. The van der Waals surface area contributed by atoms with Crippen molar-refractivity contribution in [1.29, 1.82) is 0 Å². The molecule has 1 aliphatic carbocycles. The minimum absolute atomic E-state index is 0.236. The molecule has 0 atom stereocenters. The molecule has 1 aliphatic rings. The summed E-state index contributed by atoms with van der Waals surface area (Å²) in [4.78, 5) is 10.7. The van der Waals surface area contributed by atoms with E-state index >= 15 is 0 Å². The van der Waals surface area contributed by atoms with E-state index in [-0.39, 0.29) is 5.97 Å². The third kappa shape index (κ3) is 3.07. The molecular weight excluding hydrogens is 152 g/mol. The van der Waals surface area contributed by atoms with E-state index in [4.69, 9.17) is 0 Å². The molecule has 0 bridgehead atoms. The summed E-state index contributed by atoms with van der Waals surface area (Å²) in [7, 11) is 1.41. The lowest BCUT2D eigenvalue weighted by molar-refractivity contribution is -0.134. The molecule has 0 spiro atoms. The number of ether oxygens (including phenoxy) is 1. The van der Waals surface area contributed by atoms with Crippen LogP contribution in [0.1, 0.15) is 32.1 Å². The first-order chi connectivity index (χ1) is 5.83. The van der Waals surface area contributed by atoms with Crippen LogP contribution in [0.25, 0.3) is 0 Å². The highest BCUT2D eigenvalue weighted by atomic mass is 16.5. The summed E-state index contributed by atoms with van der Waals surface area (Å²) in [6, 6.07) is 0. The van der Waals surface area contributed by atoms with Gasteiger partial charge in [0.05, 0.1) is 7.11 Å². The molecule has 1 fully saturated rings. The van der Waals surface area contributed by atoms with E-state index in [1.807, 2.05) is 6.08 Å². The second-order valence-electron chi connectivity index (χ2n) is 3.28. The van der Waals surface area contributed by atoms with Gasteiger partial charge in [0.15, 0.2) is 0 Å². The lowest BCUT2D eigenvalue weighted by Crippen LogP contribution is -2.04. The summed E-state index contributed by atoms with van der Waals surface area (Å²) in [5.74, 6) is 0.374. The predicted octanol–water partition coefficient (Wildman–Crippen LogP) is 2.30. The molecule has 0 unspecified atom stereocenters. The Labute approximate surface area is 73.6 Å². The number of hydrogen-bond donors (Lipinski definition) is 0. The highest BCUT2D eigenvalue weighted by molar-refractivity contribution is 5.81. The molecule has 1 saturated carbocycles. The molecule has 0 aromatic heterocycles. The Morgan fingerprint density at radius 2 is 2.00 bits per heavy atom. The highest BCUT2D eigenvalue weighted by Crippen LogP contribution is 2.24. The molecule has 0 saturated heterocycles. The molecule has 68 valence electrons. The summed E-state index contributed by atoms with van der Waals surface area (Å²) in [6.45, 7) is 0. The van der Waals surface area contributed by atoms with Crippen LogP contribution in [-0.4, -0.2) is 13.1 Å². The molecule has 2 nitrogen and oxygen atoms in total. The Balaban J connectivity index is 2.28. The van der Waals surface area contributed by atoms with Crippen molar-refractivity contribution >= 4 is 5.97 Å². The summed E-state index contributed by atoms with van der Waals surface area (Å²) in [5.41, 5.74) is 0. The fourth-order valence-corrected chi connectivity index (χ4v) is 1.61. The van der Waals surface area contributed by atoms with Gasteiger partial charge in [-0.25, -0.2) is 4.79 Å². The molecule has 0 amide bonds. The topological polar surface area (TPSA) is 26.3 Å². The van der Waals surface area contributed by atoms with Gasteiger partial charge in [-0.1, -0.05) is 25.3 Å². The monoisotopic (exact) mass is 168 g/mol. The van der Waals surface area contributed by atoms with Gasteiger partial charge in [-0.3, -0.25) is 0 Å². The zero-order valence-corrected chi connectivity index (χ0v) is 7.58. The van der Waals surface area contributed by atoms with Crippen LogP contribution < -0.4 is 0 Å². The fraction of sp³-hybridized carbons (Fsp3) is 0.700. The van der Waals surface area contributed by atoms with Crippen LogP contribution in [0, 0.1) is 5.92 Å². The van der Waals surface area contributed by atoms with Gasteiger partial charge in [-0.15, -0.1) is 0 Å². The Bertz CT molecular complexity index is 167. The number of carbonyl (C=O) groups is 1. The Morgan fingerprint density at radius 3 is 2.58 bits per heavy atom. The summed E-state index contributed by atoms with van der Waals surface area (Å²) in [6.07, 6.45) is 9.96. The first kappa shape index (κ1) is 9.30. The van der Waals surface area contributed by atoms with E-state index < -0.39 is 0 Å². The number of rotatable bonds is 2. The summed E-state index contributed by atoms with van der Waals surface area (Å²) < 4.78 is 4.52. The van der Waals surface area contributed by atoms with E-state index in [1.54, 1.807) is 6.08 Å². The van der Waals surface area contributed by atoms with Gasteiger partial charge in [0.25, 0.3) is 0 Å². The van der Waals surface area contributed by atoms with E-state index in [2.05, 4.69) is 4.74 Å². The average molecular weight is 168 g/mol. The Morgan fingerprint density at radius 1 is 1.33 bits per heavy atom. The van der Waals surface area contributed by atoms with Gasteiger partial charge in [0.1, 0.15) is 0 Å². The van der Waals surface area contributed by atoms with Crippen LogP contribution in [0.15, 0.2) is 12.2 Å². The van der Waals surface area contributed by atoms with Crippen LogP contribution in [0.3, 0.4) is 0 Å². The zero-order chi connectivity index (χ0) is 8.81. The van der Waals surface area contributed by atoms with Crippen molar-refractivity contribution in [3.05, 3.63) is 12.2 Å². The number of allylic oxidation sites excluding steroid dienone is 1. The fourth-order valence-electron chi connectivity index (χ4n) is 1.61. The van der Waals surface area contributed by atoms with E-state index in [9.17, 15) is 4.79 Å². The SMILES string of the molecule is COC(=O)/C=C\C1CCCCC1. The van der Waals surface area contributed by atoms with Crippen LogP contribution >= 0.6 is 0 Å². The minimum atomic E-state index is -0.236. The number of carbonyl (C=O) groups excluding carboxylic acids is 1. The van der Waals surface area contributed by atoms with E-state index in [0.29, 0.717) is 5.92 Å². The molecule has 0 aromatic rings. The largest absolute Gasteiger partial charge is 0.466 e. The van der Waals surface area contributed by atoms with Gasteiger partial charge in [0.2, 0.25) is 0 Å². The van der Waals surface area contributed by atoms with Gasteiger partial charge in [-0.05, 0) is 18.8 Å². The van der Waals surface area contributed by atoms with Crippen LogP contribution in [0.2, 0.25) is 0 Å². The van der Waals surface area contributed by atoms with E-state index in [1.165, 1.54) is 39.2 Å². The number of hydrogen-bond acceptors (Lipinski definition) is 2. The first-order valence-corrected chi connectivity index (χ1v) is 4.59. The maximum atomic E-state index is 10.7. The van der Waals surface area contributed by atoms with Crippen LogP contribution in [0.5, 0.6) is 0 Å². The molecule has 0 N–H and O–H groups in total. The maximum absolute atomic E-state index is 10.7. The third-order valence-electron chi connectivity index (χ3n) is 2.36. The van der Waals surface area contributed by atoms with Crippen molar-refractivity contribution in [3.8, 4) is 0 Å². The van der Waals surface area contributed by atoms with Crippen molar-refractivity contribution in [3.63, 3.8) is 0 Å². The smallest absolute Gasteiger partial charge is 0.330 e. The van der Waals surface area contributed by atoms with Crippen molar-refractivity contribution in [1.82, 2.24) is 0 Å². The summed E-state index contributed by atoms with van der Waals surface area (Å²) in [5, 5.41) is 0. The molecular formula is C10H16O2. The van der Waals surface area contributed by atoms with Crippen molar-refractivity contribution in [2.45, 2.75) is 32.1 Å². The minimum Gasteiger partial charge on any atom is -0.466 e. The van der Waals surface area contributed by atoms with Crippen molar-refractivity contribution in [2.75, 3.05) is 7.11 Å². The van der Waals surface area contributed by atoms with Crippen molar-refractivity contribution in [2.24, 2.45) is 5.92 Å². The lowest BCUT2D eigenvalue weighted by Gasteiger charge is -2.17. The molecule has 1 rings (SSSR count). The van der Waals surface area contributed by atoms with Gasteiger partial charge >= 0.3 is 5.97 Å². The van der Waals surface area contributed by atoms with Crippen molar-refractivity contribution < 1.29 is 9.53 Å². The number of esters is 1. The quantitative estimate of drug-likeness (QED) is 0.467. The second kappa shape index (κ2) is 4.96. The van der Waals surface area contributed by atoms with Gasteiger partial charge < -0.3 is 4.74 Å². The van der Waals surface area contributed by atoms with Gasteiger partial charge in [0, 0.05) is 6.08 Å². The summed E-state index contributed by atoms with van der Waals surface area (Å²) >= 11 is 0. The second-order valence-corrected chi connectivity index (χ2v) is 3.28. The third-order valence-corrected chi connectivity index (χ3v) is 2.36. The lowest BCUT2D eigenvalue weighted by atomic mass is 9.89. The maximum Gasteiger partial charge on any atom is 0.330 e. The first-order valence-electron chi connectivity index (χ1n) is 4.59. The van der Waals surface area contributed by atoms with Crippen LogP contribution in [0.4, 0.5) is 0 Å². The molecule has 2 heteroatoms. The Hall–Kier alpha value is -0.790. The number of methoxy groups -OCH3 is 1. The van der Waals surface area contributed by atoms with Crippen LogP contribution in [-0.2, 0) is 9.53 Å². The Kier molecular flexibility index (Phi) is 3.85. The molecule has 0 aromatic carbocycles. The molecule has 0 radical (unpaired) electrons. The van der Waals surface area contributed by atoms with E-state index in [0.717, 1.165) is 0 Å². The van der Waals surface area contributed by atoms with Gasteiger partial charge in [-0.2, -0.15) is 0 Å². The predicted molar refractivity (Wildman–Crippen MR) is 47.7 cm³/mol. The average Bonchev–Trinajstić information content (AvgIpc) is 2.16. The molecule has 0 aliphatic heterocycles.